The van der Waals surface area contributed by atoms with E-state index in [9.17, 15) is 0 Å². The molecule has 0 aromatic heterocycles. The van der Waals surface area contributed by atoms with E-state index in [1.807, 2.05) is 20.8 Å². The van der Waals surface area contributed by atoms with Crippen molar-refractivity contribution in [2.45, 2.75) is 38.8 Å². The van der Waals surface area contributed by atoms with E-state index in [2.05, 4.69) is 0 Å². The maximum Gasteiger partial charge on any atom is 0.143 e. The lowest BCUT2D eigenvalue weighted by molar-refractivity contribution is -0.0504. The molecular weight excluding hydrogens is 130 g/mol. The predicted molar refractivity (Wildman–Crippen MR) is 40.5 cm³/mol. The third-order valence-electron chi connectivity index (χ3n) is 1.17. The minimum atomic E-state index is -0.225. The second kappa shape index (κ2) is 3.91. The fourth-order valence-corrected chi connectivity index (χ4v) is 0.927. The maximum absolute atomic E-state index is 8.37. The zero-order chi connectivity index (χ0) is 8.20. The molecule has 62 valence electrons. The van der Waals surface area contributed by atoms with E-state index < -0.39 is 0 Å². The van der Waals surface area contributed by atoms with Gasteiger partial charge in [-0.3, -0.25) is 0 Å². The van der Waals surface area contributed by atoms with E-state index in [-0.39, 0.29) is 18.4 Å². The van der Waals surface area contributed by atoms with Crippen LogP contribution in [0.5, 0.6) is 0 Å². The quantitative estimate of drug-likeness (QED) is 0.568. The normalized spacial score (nSPS) is 15.3. The van der Waals surface area contributed by atoms with E-state index in [1.165, 1.54) is 0 Å². The lowest BCUT2D eigenvalue weighted by Gasteiger charge is -2.22. The van der Waals surface area contributed by atoms with E-state index in [0.29, 0.717) is 0 Å². The predicted octanol–water partition coefficient (Wildman–Crippen LogP) is 0.469. The molecule has 0 heterocycles. The van der Waals surface area contributed by atoms with Crippen molar-refractivity contribution >= 4 is 0 Å². The third-order valence-corrected chi connectivity index (χ3v) is 1.17. The van der Waals surface area contributed by atoms with Gasteiger partial charge in [0.1, 0.15) is 6.79 Å². The van der Waals surface area contributed by atoms with Gasteiger partial charge >= 0.3 is 0 Å². The van der Waals surface area contributed by atoms with Crippen LogP contribution >= 0.6 is 0 Å². The average molecular weight is 147 g/mol. The van der Waals surface area contributed by atoms with Crippen molar-refractivity contribution in [3.63, 3.8) is 0 Å². The Kier molecular flexibility index (Phi) is 3.86. The van der Waals surface area contributed by atoms with Crippen molar-refractivity contribution in [1.29, 1.82) is 0 Å². The van der Waals surface area contributed by atoms with Gasteiger partial charge in [0.25, 0.3) is 0 Å². The number of hydrogen-bond donors (Lipinski definition) is 2. The molecule has 10 heavy (non-hydrogen) atoms. The molecule has 0 aromatic carbocycles. The van der Waals surface area contributed by atoms with Crippen LogP contribution in [0, 0.1) is 0 Å². The molecule has 1 unspecified atom stereocenters. The number of ether oxygens (including phenoxy) is 1. The van der Waals surface area contributed by atoms with Crippen molar-refractivity contribution in [1.82, 2.24) is 0 Å². The zero-order valence-electron chi connectivity index (χ0n) is 6.92. The first-order chi connectivity index (χ1) is 4.45. The molecule has 0 amide bonds. The molecule has 0 aromatic rings. The highest BCUT2D eigenvalue weighted by molar-refractivity contribution is 4.74. The minimum absolute atomic E-state index is 0.0324. The molecule has 0 saturated carbocycles. The van der Waals surface area contributed by atoms with Crippen LogP contribution in [0.4, 0.5) is 0 Å². The summed E-state index contributed by atoms with van der Waals surface area (Å²) in [6.45, 7) is 5.54. The molecule has 1 atom stereocenters. The molecule has 0 rings (SSSR count). The highest BCUT2D eigenvalue weighted by Gasteiger charge is 2.15. The molecule has 0 aliphatic rings. The van der Waals surface area contributed by atoms with Crippen LogP contribution in [0.15, 0.2) is 0 Å². The molecule has 0 aliphatic carbocycles. The van der Waals surface area contributed by atoms with Gasteiger partial charge in [0.2, 0.25) is 0 Å². The summed E-state index contributed by atoms with van der Waals surface area (Å²) in [5.74, 6) is 0. The second-order valence-electron chi connectivity index (χ2n) is 3.30. The van der Waals surface area contributed by atoms with Crippen LogP contribution in [-0.4, -0.2) is 23.5 Å². The number of nitrogens with two attached hydrogens (primary N) is 1. The van der Waals surface area contributed by atoms with E-state index >= 15 is 0 Å². The molecule has 0 spiro atoms. The van der Waals surface area contributed by atoms with Crippen molar-refractivity contribution in [3.05, 3.63) is 0 Å². The van der Waals surface area contributed by atoms with Crippen LogP contribution in [0.25, 0.3) is 0 Å². The van der Waals surface area contributed by atoms with E-state index in [0.717, 1.165) is 6.42 Å². The number of aliphatic hydroxyl groups excluding tert-OH is 1. The van der Waals surface area contributed by atoms with Gasteiger partial charge in [-0.05, 0) is 27.2 Å². The largest absolute Gasteiger partial charge is 0.371 e. The summed E-state index contributed by atoms with van der Waals surface area (Å²) in [6.07, 6.45) is 0.790. The number of aliphatic hydroxyl groups is 1. The SMILES string of the molecule is CC(CC(C)(C)N)OCO. The Hall–Kier alpha value is -0.120. The summed E-state index contributed by atoms with van der Waals surface area (Å²) in [7, 11) is 0. The molecule has 0 fully saturated rings. The van der Waals surface area contributed by atoms with Gasteiger partial charge in [-0.25, -0.2) is 0 Å². The van der Waals surface area contributed by atoms with Gasteiger partial charge in [0, 0.05) is 5.54 Å². The van der Waals surface area contributed by atoms with Crippen LogP contribution in [0.3, 0.4) is 0 Å². The minimum Gasteiger partial charge on any atom is -0.371 e. The number of rotatable bonds is 4. The highest BCUT2D eigenvalue weighted by atomic mass is 16.6. The molecule has 3 N–H and O–H groups in total. The molecule has 0 bridgehead atoms. The van der Waals surface area contributed by atoms with Crippen molar-refractivity contribution in [3.8, 4) is 0 Å². The smallest absolute Gasteiger partial charge is 0.143 e. The fraction of sp³-hybridized carbons (Fsp3) is 1.00. The lowest BCUT2D eigenvalue weighted by atomic mass is 9.99. The van der Waals surface area contributed by atoms with Crippen molar-refractivity contribution in [2.75, 3.05) is 6.79 Å². The summed E-state index contributed by atoms with van der Waals surface area (Å²) in [5, 5.41) is 8.37. The van der Waals surface area contributed by atoms with Gasteiger partial charge in [-0.2, -0.15) is 0 Å². The number of hydrogen-bond acceptors (Lipinski definition) is 3. The Morgan fingerprint density at radius 2 is 2.10 bits per heavy atom. The molecule has 0 saturated heterocycles. The van der Waals surface area contributed by atoms with Crippen LogP contribution < -0.4 is 5.73 Å². The average Bonchev–Trinajstić information content (AvgIpc) is 1.59. The van der Waals surface area contributed by atoms with E-state index in [4.69, 9.17) is 15.6 Å². The summed E-state index contributed by atoms with van der Waals surface area (Å²) < 4.78 is 4.89. The summed E-state index contributed by atoms with van der Waals surface area (Å²) in [6, 6.07) is 0. The first kappa shape index (κ1) is 9.88. The van der Waals surface area contributed by atoms with Gasteiger partial charge in [0.15, 0.2) is 0 Å². The van der Waals surface area contributed by atoms with Crippen molar-refractivity contribution in [2.24, 2.45) is 5.73 Å². The van der Waals surface area contributed by atoms with Crippen LogP contribution in [0.1, 0.15) is 27.2 Å². The van der Waals surface area contributed by atoms with Crippen LogP contribution in [-0.2, 0) is 4.74 Å². The Labute approximate surface area is 62.2 Å². The second-order valence-corrected chi connectivity index (χ2v) is 3.30. The summed E-state index contributed by atoms with van der Waals surface area (Å²) >= 11 is 0. The molecule has 0 radical (unpaired) electrons. The van der Waals surface area contributed by atoms with Gasteiger partial charge in [-0.15, -0.1) is 0 Å². The third kappa shape index (κ3) is 6.01. The Balaban J connectivity index is 3.47. The van der Waals surface area contributed by atoms with Crippen LogP contribution in [0.2, 0.25) is 0 Å². The summed E-state index contributed by atoms with van der Waals surface area (Å²) in [4.78, 5) is 0. The fourth-order valence-electron chi connectivity index (χ4n) is 0.927. The molecular formula is C7H17NO2. The highest BCUT2D eigenvalue weighted by Crippen LogP contribution is 2.09. The maximum atomic E-state index is 8.37. The van der Waals surface area contributed by atoms with E-state index in [1.54, 1.807) is 0 Å². The topological polar surface area (TPSA) is 55.5 Å². The molecule has 0 aliphatic heterocycles. The van der Waals surface area contributed by atoms with Gasteiger partial charge in [0.05, 0.1) is 6.10 Å². The summed E-state index contributed by atoms with van der Waals surface area (Å²) in [5.41, 5.74) is 5.49. The first-order valence-electron chi connectivity index (χ1n) is 3.47. The molecule has 3 nitrogen and oxygen atoms in total. The Bertz CT molecular complexity index is 88.1. The van der Waals surface area contributed by atoms with Crippen molar-refractivity contribution < 1.29 is 9.84 Å². The van der Waals surface area contributed by atoms with Gasteiger partial charge < -0.3 is 15.6 Å². The molecule has 3 heteroatoms. The standard InChI is InChI=1S/C7H17NO2/c1-6(10-5-9)4-7(2,3)8/h6,9H,4-5,8H2,1-3H3. The monoisotopic (exact) mass is 147 g/mol. The lowest BCUT2D eigenvalue weighted by Crippen LogP contribution is -2.36. The Morgan fingerprint density at radius 3 is 2.40 bits per heavy atom. The van der Waals surface area contributed by atoms with Gasteiger partial charge in [-0.1, -0.05) is 0 Å². The zero-order valence-corrected chi connectivity index (χ0v) is 6.92. The Morgan fingerprint density at radius 1 is 1.60 bits per heavy atom. The first-order valence-corrected chi connectivity index (χ1v) is 3.47.